The summed E-state index contributed by atoms with van der Waals surface area (Å²) in [5.41, 5.74) is 1.29. The molecule has 1 saturated heterocycles. The van der Waals surface area contributed by atoms with Crippen molar-refractivity contribution >= 4 is 40.5 Å². The van der Waals surface area contributed by atoms with Crippen LogP contribution < -0.4 is 15.5 Å². The van der Waals surface area contributed by atoms with Crippen LogP contribution in [0, 0.1) is 10.1 Å². The molecular weight excluding hydrogens is 444 g/mol. The van der Waals surface area contributed by atoms with E-state index in [0.29, 0.717) is 16.4 Å². The zero-order chi connectivity index (χ0) is 23.4. The first-order chi connectivity index (χ1) is 15.9. The summed E-state index contributed by atoms with van der Waals surface area (Å²) in [6.07, 6.45) is 7.26. The van der Waals surface area contributed by atoms with Crippen molar-refractivity contribution < 1.29 is 14.5 Å². The number of halogens is 1. The van der Waals surface area contributed by atoms with Gasteiger partial charge < -0.3 is 15.5 Å². The lowest BCUT2D eigenvalue weighted by Crippen LogP contribution is -2.36. The highest BCUT2D eigenvalue weighted by Gasteiger charge is 2.24. The van der Waals surface area contributed by atoms with Gasteiger partial charge in [-0.1, -0.05) is 30.9 Å². The van der Waals surface area contributed by atoms with Gasteiger partial charge in [0.05, 0.1) is 15.5 Å². The van der Waals surface area contributed by atoms with E-state index in [0.717, 1.165) is 51.6 Å². The number of nitrogens with zero attached hydrogens (tertiary/aromatic N) is 2. The number of hydrogen-bond acceptors (Lipinski definition) is 5. The van der Waals surface area contributed by atoms with E-state index < -0.39 is 10.8 Å². The number of nitro benzene ring substituents is 1. The Hall–Kier alpha value is -3.13. The van der Waals surface area contributed by atoms with Gasteiger partial charge in [0.2, 0.25) is 0 Å². The standard InChI is InChI=1S/C24H27ClN4O4/c25-20-10-9-18(15-19(20)24(31)26-17-6-2-1-3-7-17)27-23(30)16-8-11-21(22(14-16)29(32)33)28-12-4-5-13-28/h8-11,14-15,17H,1-7,12-13H2,(H,26,31)(H,27,30). The van der Waals surface area contributed by atoms with Gasteiger partial charge in [0.1, 0.15) is 5.69 Å². The first-order valence-corrected chi connectivity index (χ1v) is 11.8. The fraction of sp³-hybridized carbons (Fsp3) is 0.417. The Bertz CT molecular complexity index is 1060. The van der Waals surface area contributed by atoms with Crippen LogP contribution in [-0.2, 0) is 0 Å². The number of anilines is 2. The molecule has 2 N–H and O–H groups in total. The molecule has 2 aromatic rings. The number of nitro groups is 1. The topological polar surface area (TPSA) is 105 Å². The third-order valence-electron chi connectivity index (χ3n) is 6.29. The van der Waals surface area contributed by atoms with Crippen LogP contribution in [0.15, 0.2) is 36.4 Å². The zero-order valence-electron chi connectivity index (χ0n) is 18.3. The molecule has 0 spiro atoms. The molecule has 2 fully saturated rings. The maximum Gasteiger partial charge on any atom is 0.293 e. The Morgan fingerprint density at radius 1 is 0.970 bits per heavy atom. The SMILES string of the molecule is O=C(Nc1ccc(Cl)c(C(=O)NC2CCCCC2)c1)c1ccc(N2CCCC2)c([N+](=O)[O-])c1. The zero-order valence-corrected chi connectivity index (χ0v) is 19.1. The van der Waals surface area contributed by atoms with Crippen molar-refractivity contribution in [3.05, 3.63) is 62.7 Å². The largest absolute Gasteiger partial charge is 0.366 e. The first-order valence-electron chi connectivity index (χ1n) is 11.4. The van der Waals surface area contributed by atoms with Crippen molar-refractivity contribution in [1.29, 1.82) is 0 Å². The van der Waals surface area contributed by atoms with Gasteiger partial charge in [0.25, 0.3) is 17.5 Å². The lowest BCUT2D eigenvalue weighted by atomic mass is 9.95. The van der Waals surface area contributed by atoms with Crippen molar-refractivity contribution in [2.75, 3.05) is 23.3 Å². The molecular formula is C24H27ClN4O4. The summed E-state index contributed by atoms with van der Waals surface area (Å²) >= 11 is 6.24. The molecule has 0 unspecified atom stereocenters. The molecule has 4 rings (SSSR count). The third kappa shape index (κ3) is 5.45. The molecule has 2 amide bonds. The van der Waals surface area contributed by atoms with E-state index in [4.69, 9.17) is 11.6 Å². The van der Waals surface area contributed by atoms with Crippen LogP contribution in [0.1, 0.15) is 65.7 Å². The van der Waals surface area contributed by atoms with Gasteiger partial charge in [-0.15, -0.1) is 0 Å². The summed E-state index contributed by atoms with van der Waals surface area (Å²) < 4.78 is 0. The van der Waals surface area contributed by atoms with Crippen LogP contribution in [0.4, 0.5) is 17.1 Å². The highest BCUT2D eigenvalue weighted by Crippen LogP contribution is 2.32. The predicted octanol–water partition coefficient (Wildman–Crippen LogP) is 5.16. The van der Waals surface area contributed by atoms with Gasteiger partial charge in [-0.05, 0) is 56.0 Å². The second-order valence-corrected chi connectivity index (χ2v) is 9.02. The third-order valence-corrected chi connectivity index (χ3v) is 6.62. The van der Waals surface area contributed by atoms with E-state index in [1.165, 1.54) is 18.6 Å². The fourth-order valence-electron chi connectivity index (χ4n) is 4.53. The van der Waals surface area contributed by atoms with E-state index in [-0.39, 0.29) is 28.8 Å². The monoisotopic (exact) mass is 470 g/mol. The normalized spacial score (nSPS) is 16.5. The molecule has 1 saturated carbocycles. The number of amides is 2. The number of carbonyl (C=O) groups excluding carboxylic acids is 2. The van der Waals surface area contributed by atoms with E-state index >= 15 is 0 Å². The Morgan fingerprint density at radius 3 is 2.39 bits per heavy atom. The van der Waals surface area contributed by atoms with E-state index in [1.807, 2.05) is 4.90 Å². The van der Waals surface area contributed by atoms with Gasteiger partial charge in [-0.3, -0.25) is 19.7 Å². The molecule has 2 aliphatic rings. The Labute approximate surface area is 197 Å². The van der Waals surface area contributed by atoms with Gasteiger partial charge in [-0.2, -0.15) is 0 Å². The minimum atomic E-state index is -0.493. The van der Waals surface area contributed by atoms with Crippen LogP contribution in [0.2, 0.25) is 5.02 Å². The van der Waals surface area contributed by atoms with Crippen LogP contribution in [-0.4, -0.2) is 35.9 Å². The molecule has 0 bridgehead atoms. The molecule has 9 heteroatoms. The molecule has 1 aliphatic carbocycles. The highest BCUT2D eigenvalue weighted by atomic mass is 35.5. The summed E-state index contributed by atoms with van der Waals surface area (Å²) in [6, 6.07) is 9.35. The summed E-state index contributed by atoms with van der Waals surface area (Å²) in [4.78, 5) is 38.7. The predicted molar refractivity (Wildman–Crippen MR) is 128 cm³/mol. The average molecular weight is 471 g/mol. The van der Waals surface area contributed by atoms with Crippen molar-refractivity contribution in [3.8, 4) is 0 Å². The number of rotatable bonds is 6. The van der Waals surface area contributed by atoms with Gasteiger partial charge in [-0.25, -0.2) is 0 Å². The van der Waals surface area contributed by atoms with Crippen LogP contribution >= 0.6 is 11.6 Å². The lowest BCUT2D eigenvalue weighted by molar-refractivity contribution is -0.384. The molecule has 8 nitrogen and oxygen atoms in total. The van der Waals surface area contributed by atoms with Crippen LogP contribution in [0.25, 0.3) is 0 Å². The summed E-state index contributed by atoms with van der Waals surface area (Å²) in [5.74, 6) is -0.763. The van der Waals surface area contributed by atoms with E-state index in [2.05, 4.69) is 10.6 Å². The van der Waals surface area contributed by atoms with E-state index in [9.17, 15) is 19.7 Å². The molecule has 2 aromatic carbocycles. The molecule has 33 heavy (non-hydrogen) atoms. The quantitative estimate of drug-likeness (QED) is 0.448. The molecule has 1 aliphatic heterocycles. The maximum absolute atomic E-state index is 12.8. The van der Waals surface area contributed by atoms with Gasteiger partial charge in [0.15, 0.2) is 0 Å². The van der Waals surface area contributed by atoms with Crippen molar-refractivity contribution in [2.45, 2.75) is 51.0 Å². The lowest BCUT2D eigenvalue weighted by Gasteiger charge is -2.23. The molecule has 0 atom stereocenters. The average Bonchev–Trinajstić information content (AvgIpc) is 3.35. The number of nitrogens with one attached hydrogen (secondary N) is 2. The minimum Gasteiger partial charge on any atom is -0.366 e. The highest BCUT2D eigenvalue weighted by molar-refractivity contribution is 6.34. The number of carbonyl (C=O) groups is 2. The summed E-state index contributed by atoms with van der Waals surface area (Å²) in [7, 11) is 0. The smallest absolute Gasteiger partial charge is 0.293 e. The molecule has 0 aromatic heterocycles. The Balaban J connectivity index is 1.50. The molecule has 0 radical (unpaired) electrons. The summed E-state index contributed by atoms with van der Waals surface area (Å²) in [6.45, 7) is 1.53. The van der Waals surface area contributed by atoms with Gasteiger partial charge >= 0.3 is 0 Å². The molecule has 1 heterocycles. The molecule has 174 valence electrons. The van der Waals surface area contributed by atoms with E-state index in [1.54, 1.807) is 24.3 Å². The van der Waals surface area contributed by atoms with Crippen LogP contribution in [0.5, 0.6) is 0 Å². The van der Waals surface area contributed by atoms with Crippen molar-refractivity contribution in [2.24, 2.45) is 0 Å². The second kappa shape index (κ2) is 10.2. The number of hydrogen-bond donors (Lipinski definition) is 2. The fourth-order valence-corrected chi connectivity index (χ4v) is 4.73. The van der Waals surface area contributed by atoms with Crippen molar-refractivity contribution in [3.63, 3.8) is 0 Å². The second-order valence-electron chi connectivity index (χ2n) is 8.61. The van der Waals surface area contributed by atoms with Gasteiger partial charge in [0, 0.05) is 36.4 Å². The van der Waals surface area contributed by atoms with Crippen LogP contribution in [0.3, 0.4) is 0 Å². The minimum absolute atomic E-state index is 0.0896. The Morgan fingerprint density at radius 2 is 1.70 bits per heavy atom. The summed E-state index contributed by atoms with van der Waals surface area (Å²) in [5, 5.41) is 17.7. The Kier molecular flexibility index (Phi) is 7.13. The first kappa shape index (κ1) is 23.0. The number of benzene rings is 2. The van der Waals surface area contributed by atoms with Crippen molar-refractivity contribution in [1.82, 2.24) is 5.32 Å². The maximum atomic E-state index is 12.8.